The number of carbonyl (C=O) groups is 1. The summed E-state index contributed by atoms with van der Waals surface area (Å²) in [4.78, 5) is 15.9. The van der Waals surface area contributed by atoms with Crippen LogP contribution in [0.1, 0.15) is 16.7 Å². The van der Waals surface area contributed by atoms with E-state index < -0.39 is 0 Å². The van der Waals surface area contributed by atoms with Crippen LogP contribution >= 0.6 is 24.0 Å². The number of hydrogen-bond donors (Lipinski definition) is 3. The Balaban J connectivity index is 0.00000392. The number of nitrogens with zero attached hydrogens (tertiary/aromatic N) is 1. The molecule has 5 nitrogen and oxygen atoms in total. The average Bonchev–Trinajstić information content (AvgIpc) is 2.64. The van der Waals surface area contributed by atoms with Gasteiger partial charge in [-0.1, -0.05) is 24.3 Å². The van der Waals surface area contributed by atoms with Crippen LogP contribution in [0.4, 0.5) is 8.78 Å². The number of rotatable bonds is 7. The molecule has 0 aliphatic carbocycles. The molecule has 0 bridgehead atoms. The van der Waals surface area contributed by atoms with Crippen molar-refractivity contribution in [1.82, 2.24) is 16.0 Å². The highest BCUT2D eigenvalue weighted by atomic mass is 127. The van der Waals surface area contributed by atoms with Crippen LogP contribution in [0, 0.1) is 18.6 Å². The first-order valence-electron chi connectivity index (χ1n) is 8.68. The van der Waals surface area contributed by atoms with Gasteiger partial charge in [-0.05, 0) is 41.8 Å². The minimum atomic E-state index is -0.356. The molecule has 152 valence electrons. The fourth-order valence-corrected chi connectivity index (χ4v) is 2.43. The van der Waals surface area contributed by atoms with Crippen LogP contribution in [-0.4, -0.2) is 32.0 Å². The predicted molar refractivity (Wildman–Crippen MR) is 118 cm³/mol. The molecule has 2 aromatic carbocycles. The Bertz CT molecular complexity index is 815. The van der Waals surface area contributed by atoms with Crippen LogP contribution in [0.25, 0.3) is 0 Å². The molecule has 2 rings (SSSR count). The van der Waals surface area contributed by atoms with Gasteiger partial charge in [-0.3, -0.25) is 9.79 Å². The smallest absolute Gasteiger partial charge is 0.224 e. The van der Waals surface area contributed by atoms with Gasteiger partial charge >= 0.3 is 0 Å². The lowest BCUT2D eigenvalue weighted by atomic mass is 10.1. The second-order valence-electron chi connectivity index (χ2n) is 6.09. The van der Waals surface area contributed by atoms with E-state index in [1.807, 2.05) is 6.07 Å². The molecular weight excluding hydrogens is 477 g/mol. The van der Waals surface area contributed by atoms with Crippen molar-refractivity contribution in [3.8, 4) is 0 Å². The van der Waals surface area contributed by atoms with Crippen molar-refractivity contribution < 1.29 is 13.6 Å². The maximum atomic E-state index is 13.6. The Kier molecular flexibility index (Phi) is 10.4. The van der Waals surface area contributed by atoms with Crippen molar-refractivity contribution in [1.29, 1.82) is 0 Å². The van der Waals surface area contributed by atoms with Gasteiger partial charge in [-0.15, -0.1) is 24.0 Å². The van der Waals surface area contributed by atoms with Gasteiger partial charge in [0, 0.05) is 26.7 Å². The molecule has 2 aromatic rings. The lowest BCUT2D eigenvalue weighted by Gasteiger charge is -2.13. The summed E-state index contributed by atoms with van der Waals surface area (Å²) in [6.07, 6.45) is 0.129. The SMILES string of the molecule is CN=C(NCCNC(=O)Cc1cccc(F)c1)NCc1ccc(C)c(F)c1.I. The van der Waals surface area contributed by atoms with Crippen molar-refractivity contribution in [3.63, 3.8) is 0 Å². The van der Waals surface area contributed by atoms with Crippen molar-refractivity contribution in [3.05, 3.63) is 70.8 Å². The number of guanidine groups is 1. The average molecular weight is 502 g/mol. The van der Waals surface area contributed by atoms with Crippen LogP contribution in [0.15, 0.2) is 47.5 Å². The van der Waals surface area contributed by atoms with E-state index in [0.29, 0.717) is 36.7 Å². The molecule has 0 saturated carbocycles. The summed E-state index contributed by atoms with van der Waals surface area (Å²) in [5, 5.41) is 8.91. The summed E-state index contributed by atoms with van der Waals surface area (Å²) >= 11 is 0. The number of amides is 1. The third-order valence-corrected chi connectivity index (χ3v) is 3.91. The Morgan fingerprint density at radius 1 is 1.00 bits per heavy atom. The van der Waals surface area contributed by atoms with Gasteiger partial charge in [0.25, 0.3) is 0 Å². The van der Waals surface area contributed by atoms with Crippen molar-refractivity contribution in [2.24, 2.45) is 4.99 Å². The summed E-state index contributed by atoms with van der Waals surface area (Å²) in [6, 6.07) is 11.0. The molecule has 0 unspecified atom stereocenters. The Morgan fingerprint density at radius 2 is 1.75 bits per heavy atom. The maximum absolute atomic E-state index is 13.6. The second-order valence-corrected chi connectivity index (χ2v) is 6.09. The summed E-state index contributed by atoms with van der Waals surface area (Å²) in [5.41, 5.74) is 2.04. The van der Waals surface area contributed by atoms with Gasteiger partial charge in [0.05, 0.1) is 6.42 Å². The predicted octanol–water partition coefficient (Wildman–Crippen LogP) is 2.92. The van der Waals surface area contributed by atoms with Crippen LogP contribution in [0.2, 0.25) is 0 Å². The topological polar surface area (TPSA) is 65.5 Å². The van der Waals surface area contributed by atoms with Gasteiger partial charge in [-0.2, -0.15) is 0 Å². The highest BCUT2D eigenvalue weighted by Gasteiger charge is 2.05. The Morgan fingerprint density at radius 3 is 2.43 bits per heavy atom. The fraction of sp³-hybridized carbons (Fsp3) is 0.300. The molecule has 0 aromatic heterocycles. The first kappa shape index (κ1) is 23.8. The first-order valence-corrected chi connectivity index (χ1v) is 8.68. The minimum absolute atomic E-state index is 0. The van der Waals surface area contributed by atoms with Gasteiger partial charge in [0.2, 0.25) is 5.91 Å². The summed E-state index contributed by atoms with van der Waals surface area (Å²) in [6.45, 7) is 3.02. The van der Waals surface area contributed by atoms with Crippen LogP contribution < -0.4 is 16.0 Å². The van der Waals surface area contributed by atoms with Crippen LogP contribution in [0.5, 0.6) is 0 Å². The minimum Gasteiger partial charge on any atom is -0.355 e. The second kappa shape index (κ2) is 12.3. The van der Waals surface area contributed by atoms with E-state index in [2.05, 4.69) is 20.9 Å². The standard InChI is InChI=1S/C20H24F2N4O.HI/c1-14-6-7-16(11-18(14)22)13-26-20(23-2)25-9-8-24-19(27)12-15-4-3-5-17(21)10-15;/h3-7,10-11H,8-9,12-13H2,1-2H3,(H,24,27)(H2,23,25,26);1H. The quantitative estimate of drug-likeness (QED) is 0.236. The van der Waals surface area contributed by atoms with Crippen molar-refractivity contribution >= 4 is 35.8 Å². The molecule has 28 heavy (non-hydrogen) atoms. The van der Waals surface area contributed by atoms with Crippen LogP contribution in [-0.2, 0) is 17.8 Å². The number of nitrogens with one attached hydrogen (secondary N) is 3. The van der Waals surface area contributed by atoms with E-state index in [1.165, 1.54) is 18.2 Å². The number of halogens is 3. The molecule has 0 spiro atoms. The van der Waals surface area contributed by atoms with Crippen LogP contribution in [0.3, 0.4) is 0 Å². The molecule has 3 N–H and O–H groups in total. The number of aryl methyl sites for hydroxylation is 1. The van der Waals surface area contributed by atoms with E-state index in [0.717, 1.165) is 5.56 Å². The molecule has 0 aliphatic rings. The largest absolute Gasteiger partial charge is 0.355 e. The first-order chi connectivity index (χ1) is 13.0. The number of aliphatic imine (C=N–C) groups is 1. The third-order valence-electron chi connectivity index (χ3n) is 3.91. The normalized spacial score (nSPS) is 10.8. The van der Waals surface area contributed by atoms with Gasteiger partial charge < -0.3 is 16.0 Å². The Hall–Kier alpha value is -2.23. The lowest BCUT2D eigenvalue weighted by molar-refractivity contribution is -0.120. The zero-order valence-corrected chi connectivity index (χ0v) is 18.2. The molecule has 0 fully saturated rings. The lowest BCUT2D eigenvalue weighted by Crippen LogP contribution is -2.41. The number of benzene rings is 2. The van der Waals surface area contributed by atoms with E-state index in [-0.39, 0.29) is 47.9 Å². The van der Waals surface area contributed by atoms with E-state index in [1.54, 1.807) is 32.2 Å². The number of carbonyl (C=O) groups excluding carboxylic acids is 1. The fourth-order valence-electron chi connectivity index (χ4n) is 2.43. The van der Waals surface area contributed by atoms with E-state index in [4.69, 9.17) is 0 Å². The molecule has 0 heterocycles. The van der Waals surface area contributed by atoms with Crippen molar-refractivity contribution in [2.75, 3.05) is 20.1 Å². The highest BCUT2D eigenvalue weighted by Crippen LogP contribution is 2.08. The van der Waals surface area contributed by atoms with E-state index in [9.17, 15) is 13.6 Å². The third kappa shape index (κ3) is 8.20. The highest BCUT2D eigenvalue weighted by molar-refractivity contribution is 14.0. The number of hydrogen-bond acceptors (Lipinski definition) is 2. The molecule has 0 atom stereocenters. The van der Waals surface area contributed by atoms with Gasteiger partial charge in [0.1, 0.15) is 11.6 Å². The summed E-state index contributed by atoms with van der Waals surface area (Å²) < 4.78 is 26.7. The molecule has 0 saturated heterocycles. The zero-order chi connectivity index (χ0) is 19.6. The van der Waals surface area contributed by atoms with Crippen molar-refractivity contribution in [2.45, 2.75) is 19.9 Å². The zero-order valence-electron chi connectivity index (χ0n) is 15.9. The molecule has 1 amide bonds. The maximum Gasteiger partial charge on any atom is 0.224 e. The molecule has 0 aliphatic heterocycles. The van der Waals surface area contributed by atoms with Gasteiger partial charge in [0.15, 0.2) is 5.96 Å². The summed E-state index contributed by atoms with van der Waals surface area (Å²) in [7, 11) is 1.63. The Labute approximate surface area is 181 Å². The monoisotopic (exact) mass is 502 g/mol. The molecule has 8 heteroatoms. The van der Waals surface area contributed by atoms with E-state index >= 15 is 0 Å². The summed E-state index contributed by atoms with van der Waals surface area (Å²) in [5.74, 6) is -0.223. The molecular formula is C20H25F2IN4O. The van der Waals surface area contributed by atoms with Gasteiger partial charge in [-0.25, -0.2) is 8.78 Å². The molecule has 0 radical (unpaired) electrons.